The molecule has 12 heavy (non-hydrogen) atoms. The minimum absolute atomic E-state index is 0.121. The lowest BCUT2D eigenvalue weighted by molar-refractivity contribution is -0.135. The van der Waals surface area contributed by atoms with E-state index in [1.807, 2.05) is 18.2 Å². The molecule has 1 aromatic rings. The maximum absolute atomic E-state index is 10.9. The van der Waals surface area contributed by atoms with E-state index >= 15 is 0 Å². The topological polar surface area (TPSA) is 26.3 Å². The number of ether oxygens (including phenoxy) is 1. The zero-order valence-electron chi connectivity index (χ0n) is 6.34. The van der Waals surface area contributed by atoms with E-state index in [-0.39, 0.29) is 5.97 Å². The van der Waals surface area contributed by atoms with Crippen LogP contribution >= 0.6 is 22.6 Å². The number of esters is 1. The third-order valence-electron chi connectivity index (χ3n) is 1.88. The molecule has 1 aliphatic rings. The summed E-state index contributed by atoms with van der Waals surface area (Å²) in [6.45, 7) is 0. The predicted octanol–water partition coefficient (Wildman–Crippen LogP) is 2.14. The summed E-state index contributed by atoms with van der Waals surface area (Å²) in [5, 5.41) is 0. The molecule has 0 unspecified atom stereocenters. The van der Waals surface area contributed by atoms with Crippen molar-refractivity contribution in [3.63, 3.8) is 0 Å². The Kier molecular flexibility index (Phi) is 2.04. The molecule has 0 bridgehead atoms. The van der Waals surface area contributed by atoms with Gasteiger partial charge in [-0.3, -0.25) is 4.79 Å². The van der Waals surface area contributed by atoms with Gasteiger partial charge >= 0.3 is 5.97 Å². The molecule has 0 aromatic heterocycles. The fourth-order valence-corrected chi connectivity index (χ4v) is 2.02. The summed E-state index contributed by atoms with van der Waals surface area (Å²) >= 11 is 2.26. The zero-order chi connectivity index (χ0) is 8.55. The number of benzene rings is 1. The van der Waals surface area contributed by atoms with Gasteiger partial charge in [0, 0.05) is 9.13 Å². The van der Waals surface area contributed by atoms with Gasteiger partial charge in [-0.15, -0.1) is 0 Å². The lowest BCUT2D eigenvalue weighted by Gasteiger charge is -2.15. The Labute approximate surface area is 84.1 Å². The van der Waals surface area contributed by atoms with Crippen molar-refractivity contribution in [3.8, 4) is 5.75 Å². The first-order valence-electron chi connectivity index (χ1n) is 3.75. The van der Waals surface area contributed by atoms with Gasteiger partial charge in [-0.2, -0.15) is 0 Å². The molecule has 1 aromatic carbocycles. The summed E-state index contributed by atoms with van der Waals surface area (Å²) in [4.78, 5) is 10.9. The first-order chi connectivity index (χ1) is 5.77. The Morgan fingerprint density at radius 2 is 2.17 bits per heavy atom. The van der Waals surface area contributed by atoms with Crippen LogP contribution in [0.15, 0.2) is 18.2 Å². The second kappa shape index (κ2) is 3.05. The van der Waals surface area contributed by atoms with Crippen molar-refractivity contribution in [2.24, 2.45) is 0 Å². The van der Waals surface area contributed by atoms with E-state index in [9.17, 15) is 4.79 Å². The summed E-state index contributed by atoms with van der Waals surface area (Å²) in [7, 11) is 0. The Morgan fingerprint density at radius 3 is 3.00 bits per heavy atom. The Hall–Kier alpha value is -0.580. The molecule has 0 radical (unpaired) electrons. The maximum atomic E-state index is 10.9. The van der Waals surface area contributed by atoms with Gasteiger partial charge in [-0.25, -0.2) is 0 Å². The molecule has 0 spiro atoms. The largest absolute Gasteiger partial charge is 0.426 e. The molecule has 0 N–H and O–H groups in total. The van der Waals surface area contributed by atoms with E-state index in [1.54, 1.807) is 0 Å². The standard InChI is InChI=1S/C9H7IO2/c10-7-2-1-3-8-6(7)4-5-9(11)12-8/h1-3H,4-5H2. The molecule has 1 heterocycles. The van der Waals surface area contributed by atoms with Crippen LogP contribution < -0.4 is 4.74 Å². The molecular formula is C9H7IO2. The van der Waals surface area contributed by atoms with Crippen molar-refractivity contribution >= 4 is 28.6 Å². The molecule has 0 saturated heterocycles. The van der Waals surface area contributed by atoms with E-state index in [1.165, 1.54) is 3.57 Å². The molecule has 0 aliphatic carbocycles. The normalized spacial score (nSPS) is 15.2. The Bertz CT molecular complexity index is 333. The number of rotatable bonds is 0. The Balaban J connectivity index is 2.48. The van der Waals surface area contributed by atoms with Crippen LogP contribution in [0.5, 0.6) is 5.75 Å². The lowest BCUT2D eigenvalue weighted by atomic mass is 10.1. The quantitative estimate of drug-likeness (QED) is 0.411. The molecule has 2 nitrogen and oxygen atoms in total. The molecule has 0 fully saturated rings. The molecular weight excluding hydrogens is 267 g/mol. The first kappa shape index (κ1) is 8.04. The van der Waals surface area contributed by atoms with E-state index in [0.717, 1.165) is 17.7 Å². The average Bonchev–Trinajstić information content (AvgIpc) is 2.04. The molecule has 3 heteroatoms. The second-order valence-corrected chi connectivity index (χ2v) is 3.85. The summed E-state index contributed by atoms with van der Waals surface area (Å²) < 4.78 is 6.25. The maximum Gasteiger partial charge on any atom is 0.311 e. The van der Waals surface area contributed by atoms with E-state index in [4.69, 9.17) is 4.74 Å². The molecule has 2 rings (SSSR count). The fraction of sp³-hybridized carbons (Fsp3) is 0.222. The van der Waals surface area contributed by atoms with Crippen LogP contribution in [0.25, 0.3) is 0 Å². The van der Waals surface area contributed by atoms with Crippen LogP contribution in [-0.2, 0) is 11.2 Å². The van der Waals surface area contributed by atoms with E-state index < -0.39 is 0 Å². The summed E-state index contributed by atoms with van der Waals surface area (Å²) in [5.41, 5.74) is 1.16. The minimum atomic E-state index is -0.121. The monoisotopic (exact) mass is 274 g/mol. The molecule has 0 atom stereocenters. The van der Waals surface area contributed by atoms with Crippen LogP contribution in [-0.4, -0.2) is 5.97 Å². The average molecular weight is 274 g/mol. The van der Waals surface area contributed by atoms with Crippen molar-refractivity contribution in [2.75, 3.05) is 0 Å². The van der Waals surface area contributed by atoms with Crippen LogP contribution in [0.4, 0.5) is 0 Å². The minimum Gasteiger partial charge on any atom is -0.426 e. The highest BCUT2D eigenvalue weighted by atomic mass is 127. The van der Waals surface area contributed by atoms with Gasteiger partial charge in [0.1, 0.15) is 5.75 Å². The van der Waals surface area contributed by atoms with E-state index in [0.29, 0.717) is 6.42 Å². The summed E-state index contributed by atoms with van der Waals surface area (Å²) in [6.07, 6.45) is 1.32. The number of hydrogen-bond acceptors (Lipinski definition) is 2. The molecule has 0 saturated carbocycles. The van der Waals surface area contributed by atoms with Crippen LogP contribution in [0.3, 0.4) is 0 Å². The van der Waals surface area contributed by atoms with Gasteiger partial charge in [0.25, 0.3) is 0 Å². The van der Waals surface area contributed by atoms with Gasteiger partial charge in [-0.1, -0.05) is 6.07 Å². The highest BCUT2D eigenvalue weighted by Gasteiger charge is 2.18. The SMILES string of the molecule is O=C1CCc2c(I)cccc2O1. The molecule has 62 valence electrons. The van der Waals surface area contributed by atoms with Crippen molar-refractivity contribution in [1.29, 1.82) is 0 Å². The van der Waals surface area contributed by atoms with Gasteiger partial charge in [0.2, 0.25) is 0 Å². The number of fused-ring (bicyclic) bond motifs is 1. The number of carbonyl (C=O) groups excluding carboxylic acids is 1. The zero-order valence-corrected chi connectivity index (χ0v) is 8.50. The lowest BCUT2D eigenvalue weighted by Crippen LogP contribution is -2.16. The molecule has 1 aliphatic heterocycles. The van der Waals surface area contributed by atoms with Crippen LogP contribution in [0.1, 0.15) is 12.0 Å². The third-order valence-corrected chi connectivity index (χ3v) is 2.89. The predicted molar refractivity (Wildman–Crippen MR) is 53.1 cm³/mol. The van der Waals surface area contributed by atoms with Gasteiger partial charge in [0.05, 0.1) is 6.42 Å². The summed E-state index contributed by atoms with van der Waals surface area (Å²) in [5.74, 6) is 0.614. The van der Waals surface area contributed by atoms with E-state index in [2.05, 4.69) is 22.6 Å². The summed E-state index contributed by atoms with van der Waals surface area (Å²) in [6, 6.07) is 5.77. The van der Waals surface area contributed by atoms with Crippen molar-refractivity contribution in [3.05, 3.63) is 27.3 Å². The number of carbonyl (C=O) groups is 1. The van der Waals surface area contributed by atoms with Gasteiger partial charge in [-0.05, 0) is 41.1 Å². The number of hydrogen-bond donors (Lipinski definition) is 0. The molecule has 0 amide bonds. The first-order valence-corrected chi connectivity index (χ1v) is 4.83. The highest BCUT2D eigenvalue weighted by Crippen LogP contribution is 2.28. The second-order valence-electron chi connectivity index (χ2n) is 2.69. The third kappa shape index (κ3) is 1.33. The van der Waals surface area contributed by atoms with Crippen molar-refractivity contribution in [2.45, 2.75) is 12.8 Å². The van der Waals surface area contributed by atoms with Crippen molar-refractivity contribution < 1.29 is 9.53 Å². The van der Waals surface area contributed by atoms with Gasteiger partial charge < -0.3 is 4.74 Å². The number of halogens is 1. The van der Waals surface area contributed by atoms with Crippen molar-refractivity contribution in [1.82, 2.24) is 0 Å². The smallest absolute Gasteiger partial charge is 0.311 e. The van der Waals surface area contributed by atoms with Crippen LogP contribution in [0.2, 0.25) is 0 Å². The van der Waals surface area contributed by atoms with Gasteiger partial charge in [0.15, 0.2) is 0 Å². The van der Waals surface area contributed by atoms with Crippen LogP contribution in [0, 0.1) is 3.57 Å². The highest BCUT2D eigenvalue weighted by molar-refractivity contribution is 14.1. The fourth-order valence-electron chi connectivity index (χ4n) is 1.28. The Morgan fingerprint density at radius 1 is 1.33 bits per heavy atom.